The van der Waals surface area contributed by atoms with Crippen LogP contribution in [0.5, 0.6) is 0 Å². The molecular formula is C22H20N2O2. The fourth-order valence-corrected chi connectivity index (χ4v) is 2.86. The summed E-state index contributed by atoms with van der Waals surface area (Å²) in [6, 6.07) is 19.6. The fourth-order valence-electron chi connectivity index (χ4n) is 2.86. The molecule has 0 aliphatic carbocycles. The molecule has 0 saturated heterocycles. The lowest BCUT2D eigenvalue weighted by Crippen LogP contribution is -2.27. The van der Waals surface area contributed by atoms with Gasteiger partial charge in [-0.3, -0.25) is 4.79 Å². The van der Waals surface area contributed by atoms with Gasteiger partial charge in [-0.05, 0) is 23.6 Å². The minimum atomic E-state index is -0.482. The Morgan fingerprint density at radius 3 is 2.50 bits per heavy atom. The third-order valence-electron chi connectivity index (χ3n) is 4.37. The number of rotatable bonds is 2. The van der Waals surface area contributed by atoms with E-state index in [1.165, 1.54) is 0 Å². The maximum absolute atomic E-state index is 12.4. The SMILES string of the molecule is CC(C)(C)C(=O)Nc1ccccc1-c1nc2c(ccc3ccccc32)o1. The molecule has 0 aliphatic rings. The van der Waals surface area contributed by atoms with Crippen LogP contribution < -0.4 is 5.32 Å². The summed E-state index contributed by atoms with van der Waals surface area (Å²) in [5.41, 5.74) is 2.55. The highest BCUT2D eigenvalue weighted by atomic mass is 16.3. The quantitative estimate of drug-likeness (QED) is 0.512. The van der Waals surface area contributed by atoms with Crippen LogP contribution >= 0.6 is 0 Å². The van der Waals surface area contributed by atoms with E-state index in [-0.39, 0.29) is 5.91 Å². The number of fused-ring (bicyclic) bond motifs is 3. The number of hydrogen-bond donors (Lipinski definition) is 1. The molecule has 4 rings (SSSR count). The minimum absolute atomic E-state index is 0.0495. The topological polar surface area (TPSA) is 55.1 Å². The summed E-state index contributed by atoms with van der Waals surface area (Å²) >= 11 is 0. The zero-order chi connectivity index (χ0) is 18.3. The summed E-state index contributed by atoms with van der Waals surface area (Å²) in [4.78, 5) is 17.1. The van der Waals surface area contributed by atoms with Crippen LogP contribution in [0.2, 0.25) is 0 Å². The predicted octanol–water partition coefficient (Wildman–Crippen LogP) is 5.63. The third kappa shape index (κ3) is 2.84. The number of carbonyl (C=O) groups excluding carboxylic acids is 1. The molecule has 3 aromatic carbocycles. The summed E-state index contributed by atoms with van der Waals surface area (Å²) < 4.78 is 6.01. The van der Waals surface area contributed by atoms with Crippen LogP contribution in [0.4, 0.5) is 5.69 Å². The second-order valence-electron chi connectivity index (χ2n) is 7.40. The zero-order valence-electron chi connectivity index (χ0n) is 15.0. The number of nitrogens with zero attached hydrogens (tertiary/aromatic N) is 1. The van der Waals surface area contributed by atoms with Crippen LogP contribution in [0.15, 0.2) is 65.1 Å². The van der Waals surface area contributed by atoms with E-state index >= 15 is 0 Å². The van der Waals surface area contributed by atoms with E-state index in [0.29, 0.717) is 11.6 Å². The van der Waals surface area contributed by atoms with E-state index in [0.717, 1.165) is 27.4 Å². The van der Waals surface area contributed by atoms with Gasteiger partial charge in [-0.2, -0.15) is 0 Å². The van der Waals surface area contributed by atoms with E-state index in [4.69, 9.17) is 9.40 Å². The van der Waals surface area contributed by atoms with Gasteiger partial charge in [-0.15, -0.1) is 0 Å². The predicted molar refractivity (Wildman–Crippen MR) is 105 cm³/mol. The molecule has 0 fully saturated rings. The van der Waals surface area contributed by atoms with E-state index in [2.05, 4.69) is 11.4 Å². The van der Waals surface area contributed by atoms with Crippen LogP contribution in [0.1, 0.15) is 20.8 Å². The van der Waals surface area contributed by atoms with E-state index in [9.17, 15) is 4.79 Å². The summed E-state index contributed by atoms with van der Waals surface area (Å²) in [5.74, 6) is 0.452. The molecule has 0 bridgehead atoms. The Labute approximate surface area is 151 Å². The van der Waals surface area contributed by atoms with Crippen molar-refractivity contribution in [1.29, 1.82) is 0 Å². The van der Waals surface area contributed by atoms with Gasteiger partial charge < -0.3 is 9.73 Å². The molecule has 0 radical (unpaired) electrons. The first-order valence-electron chi connectivity index (χ1n) is 8.62. The molecule has 1 heterocycles. The van der Waals surface area contributed by atoms with Crippen LogP contribution in [-0.2, 0) is 4.79 Å². The van der Waals surface area contributed by atoms with Crippen molar-refractivity contribution >= 4 is 33.5 Å². The maximum atomic E-state index is 12.4. The van der Waals surface area contributed by atoms with Gasteiger partial charge >= 0.3 is 0 Å². The molecule has 4 heteroatoms. The summed E-state index contributed by atoms with van der Waals surface area (Å²) in [6.45, 7) is 5.66. The molecule has 1 aromatic heterocycles. The first-order valence-corrected chi connectivity index (χ1v) is 8.62. The summed E-state index contributed by atoms with van der Waals surface area (Å²) in [6.07, 6.45) is 0. The van der Waals surface area contributed by atoms with Gasteiger partial charge in [-0.1, -0.05) is 63.2 Å². The number of benzene rings is 3. The number of aromatic nitrogens is 1. The van der Waals surface area contributed by atoms with Crippen molar-refractivity contribution in [1.82, 2.24) is 4.98 Å². The standard InChI is InChI=1S/C22H20N2O2/c1-22(2,3)21(25)23-17-11-7-6-10-16(17)20-24-19-15-9-5-4-8-14(15)12-13-18(19)26-20/h4-13H,1-3H3,(H,23,25). The summed E-state index contributed by atoms with van der Waals surface area (Å²) in [5, 5.41) is 5.16. The average Bonchev–Trinajstić information content (AvgIpc) is 3.06. The monoisotopic (exact) mass is 344 g/mol. The zero-order valence-corrected chi connectivity index (χ0v) is 15.0. The molecule has 0 atom stereocenters. The van der Waals surface area contributed by atoms with Crippen molar-refractivity contribution in [2.24, 2.45) is 5.41 Å². The number of amides is 1. The summed E-state index contributed by atoms with van der Waals surface area (Å²) in [7, 11) is 0. The number of nitrogens with one attached hydrogen (secondary N) is 1. The van der Waals surface area contributed by atoms with E-state index in [1.54, 1.807) is 0 Å². The highest BCUT2D eigenvalue weighted by Gasteiger charge is 2.23. The van der Waals surface area contributed by atoms with Gasteiger partial charge in [-0.25, -0.2) is 4.98 Å². The van der Waals surface area contributed by atoms with Crippen molar-refractivity contribution in [3.8, 4) is 11.5 Å². The molecule has 0 unspecified atom stereocenters. The van der Waals surface area contributed by atoms with Crippen LogP contribution in [0, 0.1) is 5.41 Å². The molecular weight excluding hydrogens is 324 g/mol. The minimum Gasteiger partial charge on any atom is -0.436 e. The first-order chi connectivity index (χ1) is 12.4. The molecule has 0 aliphatic heterocycles. The Balaban J connectivity index is 1.83. The molecule has 4 aromatic rings. The van der Waals surface area contributed by atoms with Gasteiger partial charge in [0.2, 0.25) is 11.8 Å². The highest BCUT2D eigenvalue weighted by Crippen LogP contribution is 2.33. The van der Waals surface area contributed by atoms with Gasteiger partial charge in [0.25, 0.3) is 0 Å². The van der Waals surface area contributed by atoms with Crippen LogP contribution in [0.3, 0.4) is 0 Å². The van der Waals surface area contributed by atoms with Crippen molar-refractivity contribution in [3.05, 3.63) is 60.7 Å². The number of anilines is 1. The van der Waals surface area contributed by atoms with E-state index < -0.39 is 5.41 Å². The van der Waals surface area contributed by atoms with Crippen molar-refractivity contribution in [2.75, 3.05) is 5.32 Å². The molecule has 0 spiro atoms. The molecule has 26 heavy (non-hydrogen) atoms. The Kier molecular flexibility index (Phi) is 3.76. The lowest BCUT2D eigenvalue weighted by atomic mass is 9.95. The second kappa shape index (κ2) is 5.99. The molecule has 1 amide bonds. The van der Waals surface area contributed by atoms with E-state index in [1.807, 2.05) is 75.4 Å². The number of hydrogen-bond acceptors (Lipinski definition) is 3. The number of carbonyl (C=O) groups is 1. The van der Waals surface area contributed by atoms with Gasteiger partial charge in [0.15, 0.2) is 5.58 Å². The second-order valence-corrected chi connectivity index (χ2v) is 7.40. The fraction of sp³-hybridized carbons (Fsp3) is 0.182. The Hall–Kier alpha value is -3.14. The molecule has 130 valence electrons. The number of oxazole rings is 1. The largest absolute Gasteiger partial charge is 0.436 e. The van der Waals surface area contributed by atoms with Gasteiger partial charge in [0.05, 0.1) is 11.3 Å². The van der Waals surface area contributed by atoms with Crippen LogP contribution in [-0.4, -0.2) is 10.9 Å². The first kappa shape index (κ1) is 16.3. The Morgan fingerprint density at radius 2 is 1.69 bits per heavy atom. The molecule has 4 nitrogen and oxygen atoms in total. The Bertz CT molecular complexity index is 1120. The highest BCUT2D eigenvalue weighted by molar-refractivity contribution is 6.04. The third-order valence-corrected chi connectivity index (χ3v) is 4.37. The maximum Gasteiger partial charge on any atom is 0.229 e. The smallest absolute Gasteiger partial charge is 0.229 e. The molecule has 1 N–H and O–H groups in total. The van der Waals surface area contributed by atoms with Gasteiger partial charge in [0.1, 0.15) is 5.52 Å². The number of para-hydroxylation sites is 1. The Morgan fingerprint density at radius 1 is 0.962 bits per heavy atom. The molecule has 0 saturated carbocycles. The van der Waals surface area contributed by atoms with Crippen LogP contribution in [0.25, 0.3) is 33.3 Å². The van der Waals surface area contributed by atoms with Gasteiger partial charge in [0, 0.05) is 10.8 Å². The van der Waals surface area contributed by atoms with Crippen molar-refractivity contribution < 1.29 is 9.21 Å². The van der Waals surface area contributed by atoms with Crippen molar-refractivity contribution in [2.45, 2.75) is 20.8 Å². The van der Waals surface area contributed by atoms with Crippen molar-refractivity contribution in [3.63, 3.8) is 0 Å². The average molecular weight is 344 g/mol. The lowest BCUT2D eigenvalue weighted by Gasteiger charge is -2.18. The lowest BCUT2D eigenvalue weighted by molar-refractivity contribution is -0.123. The normalized spacial score (nSPS) is 11.8.